The fraction of sp³-hybridized carbons (Fsp3) is 0.462. The SMILES string of the molecule is CCCCC(=O)C1COc2ccccc2O1. The molecule has 0 saturated carbocycles. The Kier molecular flexibility index (Phi) is 3.44. The van der Waals surface area contributed by atoms with Gasteiger partial charge in [-0.15, -0.1) is 0 Å². The van der Waals surface area contributed by atoms with Crippen LogP contribution in [0.5, 0.6) is 11.5 Å². The highest BCUT2D eigenvalue weighted by molar-refractivity contribution is 5.83. The van der Waals surface area contributed by atoms with Crippen molar-refractivity contribution in [2.45, 2.75) is 32.3 Å². The molecule has 1 aliphatic heterocycles. The lowest BCUT2D eigenvalue weighted by Gasteiger charge is -2.25. The Balaban J connectivity index is 1.99. The van der Waals surface area contributed by atoms with Crippen molar-refractivity contribution in [1.82, 2.24) is 0 Å². The molecule has 0 aliphatic carbocycles. The molecule has 1 aromatic carbocycles. The molecule has 0 N–H and O–H groups in total. The average molecular weight is 220 g/mol. The van der Waals surface area contributed by atoms with Gasteiger partial charge in [-0.2, -0.15) is 0 Å². The molecule has 1 unspecified atom stereocenters. The fourth-order valence-corrected chi connectivity index (χ4v) is 1.69. The number of rotatable bonds is 4. The van der Waals surface area contributed by atoms with Crippen LogP contribution in [-0.4, -0.2) is 18.5 Å². The van der Waals surface area contributed by atoms with Crippen molar-refractivity contribution in [2.24, 2.45) is 0 Å². The largest absolute Gasteiger partial charge is 0.485 e. The lowest BCUT2D eigenvalue weighted by Crippen LogP contribution is -2.36. The van der Waals surface area contributed by atoms with Gasteiger partial charge in [0.2, 0.25) is 0 Å². The normalized spacial score (nSPS) is 18.2. The van der Waals surface area contributed by atoms with Gasteiger partial charge in [-0.1, -0.05) is 25.5 Å². The van der Waals surface area contributed by atoms with E-state index in [1.54, 1.807) is 0 Å². The molecule has 0 aromatic heterocycles. The molecule has 86 valence electrons. The maximum Gasteiger partial charge on any atom is 0.190 e. The molecule has 0 amide bonds. The Hall–Kier alpha value is -1.51. The number of hydrogen-bond donors (Lipinski definition) is 0. The van der Waals surface area contributed by atoms with Crippen LogP contribution in [0.1, 0.15) is 26.2 Å². The first-order valence-electron chi connectivity index (χ1n) is 5.72. The van der Waals surface area contributed by atoms with Crippen molar-refractivity contribution >= 4 is 5.78 Å². The van der Waals surface area contributed by atoms with Gasteiger partial charge in [-0.05, 0) is 18.6 Å². The summed E-state index contributed by atoms with van der Waals surface area (Å²) in [6.07, 6.45) is 2.09. The van der Waals surface area contributed by atoms with Crippen LogP contribution in [-0.2, 0) is 4.79 Å². The quantitative estimate of drug-likeness (QED) is 0.782. The van der Waals surface area contributed by atoms with E-state index in [4.69, 9.17) is 9.47 Å². The summed E-state index contributed by atoms with van der Waals surface area (Å²) >= 11 is 0. The van der Waals surface area contributed by atoms with Gasteiger partial charge in [0.1, 0.15) is 6.61 Å². The first-order chi connectivity index (χ1) is 7.81. The minimum Gasteiger partial charge on any atom is -0.485 e. The highest BCUT2D eigenvalue weighted by Crippen LogP contribution is 2.31. The minimum atomic E-state index is -0.429. The molecule has 0 fully saturated rings. The van der Waals surface area contributed by atoms with Gasteiger partial charge in [-0.3, -0.25) is 4.79 Å². The molecule has 1 aliphatic rings. The number of benzene rings is 1. The third-order valence-electron chi connectivity index (χ3n) is 2.64. The van der Waals surface area contributed by atoms with Gasteiger partial charge >= 0.3 is 0 Å². The van der Waals surface area contributed by atoms with Gasteiger partial charge in [0.05, 0.1) is 0 Å². The van der Waals surface area contributed by atoms with Crippen molar-refractivity contribution in [3.63, 3.8) is 0 Å². The van der Waals surface area contributed by atoms with Gasteiger partial charge in [0.25, 0.3) is 0 Å². The molecule has 0 bridgehead atoms. The fourth-order valence-electron chi connectivity index (χ4n) is 1.69. The lowest BCUT2D eigenvalue weighted by atomic mass is 10.1. The maximum absolute atomic E-state index is 11.8. The van der Waals surface area contributed by atoms with Crippen LogP contribution < -0.4 is 9.47 Å². The van der Waals surface area contributed by atoms with E-state index in [9.17, 15) is 4.79 Å². The second kappa shape index (κ2) is 5.01. The summed E-state index contributed by atoms with van der Waals surface area (Å²) in [5.74, 6) is 1.53. The second-order valence-corrected chi connectivity index (χ2v) is 3.93. The van der Waals surface area contributed by atoms with E-state index in [0.29, 0.717) is 18.8 Å². The van der Waals surface area contributed by atoms with E-state index in [0.717, 1.165) is 18.6 Å². The van der Waals surface area contributed by atoms with Crippen LogP contribution in [0.25, 0.3) is 0 Å². The highest BCUT2D eigenvalue weighted by Gasteiger charge is 2.26. The average Bonchev–Trinajstić information content (AvgIpc) is 2.35. The molecule has 1 aromatic rings. The Morgan fingerprint density at radius 2 is 2.12 bits per heavy atom. The monoisotopic (exact) mass is 220 g/mol. The molecule has 2 rings (SSSR count). The smallest absolute Gasteiger partial charge is 0.190 e. The molecule has 3 heteroatoms. The highest BCUT2D eigenvalue weighted by atomic mass is 16.6. The van der Waals surface area contributed by atoms with Crippen molar-refractivity contribution in [1.29, 1.82) is 0 Å². The molecule has 16 heavy (non-hydrogen) atoms. The summed E-state index contributed by atoms with van der Waals surface area (Å²) in [6, 6.07) is 7.44. The van der Waals surface area contributed by atoms with Crippen molar-refractivity contribution in [3.8, 4) is 11.5 Å². The number of unbranched alkanes of at least 4 members (excludes halogenated alkanes) is 1. The van der Waals surface area contributed by atoms with E-state index in [2.05, 4.69) is 6.92 Å². The summed E-state index contributed by atoms with van der Waals surface area (Å²) in [4.78, 5) is 11.8. The number of carbonyl (C=O) groups is 1. The number of para-hydroxylation sites is 2. The Morgan fingerprint density at radius 3 is 2.88 bits per heavy atom. The van der Waals surface area contributed by atoms with Gasteiger partial charge in [-0.25, -0.2) is 0 Å². The zero-order chi connectivity index (χ0) is 11.4. The molecular weight excluding hydrogens is 204 g/mol. The van der Waals surface area contributed by atoms with E-state index in [1.165, 1.54) is 0 Å². The third kappa shape index (κ3) is 2.35. The number of fused-ring (bicyclic) bond motifs is 1. The van der Waals surface area contributed by atoms with Crippen LogP contribution >= 0.6 is 0 Å². The van der Waals surface area contributed by atoms with E-state index in [1.807, 2.05) is 24.3 Å². The second-order valence-electron chi connectivity index (χ2n) is 3.93. The topological polar surface area (TPSA) is 35.5 Å². The van der Waals surface area contributed by atoms with Crippen LogP contribution in [0.2, 0.25) is 0 Å². The van der Waals surface area contributed by atoms with Crippen molar-refractivity contribution in [3.05, 3.63) is 24.3 Å². The van der Waals surface area contributed by atoms with Crippen LogP contribution in [0.15, 0.2) is 24.3 Å². The van der Waals surface area contributed by atoms with Gasteiger partial charge < -0.3 is 9.47 Å². The summed E-state index contributed by atoms with van der Waals surface area (Å²) in [5, 5.41) is 0. The summed E-state index contributed by atoms with van der Waals surface area (Å²) in [5.41, 5.74) is 0. The first-order valence-corrected chi connectivity index (χ1v) is 5.72. The van der Waals surface area contributed by atoms with E-state index in [-0.39, 0.29) is 5.78 Å². The summed E-state index contributed by atoms with van der Waals surface area (Å²) < 4.78 is 11.1. The third-order valence-corrected chi connectivity index (χ3v) is 2.64. The predicted molar refractivity (Wildman–Crippen MR) is 60.9 cm³/mol. The maximum atomic E-state index is 11.8. The Morgan fingerprint density at radius 1 is 1.38 bits per heavy atom. The molecule has 0 saturated heterocycles. The number of Topliss-reactive ketones (excluding diaryl/α,β-unsaturated/α-hetero) is 1. The van der Waals surface area contributed by atoms with Gasteiger partial charge in [0.15, 0.2) is 23.4 Å². The molecule has 1 heterocycles. The lowest BCUT2D eigenvalue weighted by molar-refractivity contribution is -0.128. The zero-order valence-corrected chi connectivity index (χ0v) is 9.44. The van der Waals surface area contributed by atoms with Crippen molar-refractivity contribution < 1.29 is 14.3 Å². The number of hydrogen-bond acceptors (Lipinski definition) is 3. The molecular formula is C13H16O3. The standard InChI is InChI=1S/C13H16O3/c1-2-3-6-10(14)13-9-15-11-7-4-5-8-12(11)16-13/h4-5,7-8,13H,2-3,6,9H2,1H3. The van der Waals surface area contributed by atoms with Crippen LogP contribution in [0, 0.1) is 0 Å². The van der Waals surface area contributed by atoms with Crippen molar-refractivity contribution in [2.75, 3.05) is 6.61 Å². The van der Waals surface area contributed by atoms with Crippen LogP contribution in [0.3, 0.4) is 0 Å². The van der Waals surface area contributed by atoms with Gasteiger partial charge in [0, 0.05) is 6.42 Å². The summed E-state index contributed by atoms with van der Waals surface area (Å²) in [7, 11) is 0. The molecule has 0 spiro atoms. The molecule has 0 radical (unpaired) electrons. The molecule has 3 nitrogen and oxygen atoms in total. The predicted octanol–water partition coefficient (Wildman–Crippen LogP) is 2.59. The molecule has 1 atom stereocenters. The summed E-state index contributed by atoms with van der Waals surface area (Å²) in [6.45, 7) is 2.40. The Bertz CT molecular complexity index is 373. The Labute approximate surface area is 95.4 Å². The zero-order valence-electron chi connectivity index (χ0n) is 9.44. The first kappa shape index (κ1) is 11.0. The number of ketones is 1. The van der Waals surface area contributed by atoms with E-state index < -0.39 is 6.10 Å². The van der Waals surface area contributed by atoms with Crippen LogP contribution in [0.4, 0.5) is 0 Å². The van der Waals surface area contributed by atoms with E-state index >= 15 is 0 Å². The number of carbonyl (C=O) groups excluding carboxylic acids is 1. The number of ether oxygens (including phenoxy) is 2. The minimum absolute atomic E-state index is 0.136.